The number of nitrogens with one attached hydrogen (secondary N) is 1. The number of rotatable bonds is 7. The molecule has 0 saturated carbocycles. The van der Waals surface area contributed by atoms with E-state index in [0.29, 0.717) is 19.7 Å². The van der Waals surface area contributed by atoms with Gasteiger partial charge in [0.05, 0.1) is 37.2 Å². The van der Waals surface area contributed by atoms with Crippen LogP contribution in [0.5, 0.6) is 0 Å². The predicted molar refractivity (Wildman–Crippen MR) is 106 cm³/mol. The van der Waals surface area contributed by atoms with Crippen molar-refractivity contribution in [3.8, 4) is 0 Å². The highest BCUT2D eigenvalue weighted by molar-refractivity contribution is 7.80. The highest BCUT2D eigenvalue weighted by Crippen LogP contribution is 2.38. The van der Waals surface area contributed by atoms with E-state index in [-0.39, 0.29) is 12.1 Å². The molecule has 1 aliphatic heterocycles. The van der Waals surface area contributed by atoms with Crippen molar-refractivity contribution in [2.45, 2.75) is 18.6 Å². The Morgan fingerprint density at radius 3 is 2.89 bits per heavy atom. The Morgan fingerprint density at radius 1 is 1.22 bits per heavy atom. The van der Waals surface area contributed by atoms with Gasteiger partial charge in [-0.25, -0.2) is 0 Å². The molecule has 0 spiro atoms. The van der Waals surface area contributed by atoms with E-state index in [1.165, 1.54) is 0 Å². The van der Waals surface area contributed by atoms with Crippen molar-refractivity contribution in [3.63, 3.8) is 0 Å². The third kappa shape index (κ3) is 3.61. The molecule has 2 atom stereocenters. The number of hydrogen-bond acceptors (Lipinski definition) is 4. The number of ether oxygens (including phenoxy) is 1. The Bertz CT molecular complexity index is 879. The number of thiocarbonyl (C=S) groups is 1. The molecule has 0 aliphatic carbocycles. The standard InChI is InChI=1S/C20H22N4O2S/c1-25-13-11-24-19(18(22-20(24)27)16-7-2-3-9-21-16)17-8-4-10-23(17)14-15-6-5-12-26-15/h2-10,12,18-19H,11,13-14H2,1H3,(H,22,27)/t18-,19-/m1/s1. The molecule has 3 aromatic rings. The molecule has 4 rings (SSSR count). The van der Waals surface area contributed by atoms with Gasteiger partial charge in [-0.1, -0.05) is 6.07 Å². The molecule has 6 nitrogen and oxygen atoms in total. The second kappa shape index (κ2) is 7.94. The van der Waals surface area contributed by atoms with Crippen LogP contribution >= 0.6 is 12.2 Å². The van der Waals surface area contributed by atoms with Gasteiger partial charge in [-0.2, -0.15) is 0 Å². The van der Waals surface area contributed by atoms with Gasteiger partial charge in [-0.15, -0.1) is 0 Å². The monoisotopic (exact) mass is 382 g/mol. The lowest BCUT2D eigenvalue weighted by Gasteiger charge is -2.28. The molecule has 0 unspecified atom stereocenters. The topological polar surface area (TPSA) is 55.5 Å². The summed E-state index contributed by atoms with van der Waals surface area (Å²) in [7, 11) is 1.71. The van der Waals surface area contributed by atoms with E-state index in [1.54, 1.807) is 13.4 Å². The van der Waals surface area contributed by atoms with Gasteiger partial charge in [-0.3, -0.25) is 4.98 Å². The highest BCUT2D eigenvalue weighted by Gasteiger charge is 2.40. The van der Waals surface area contributed by atoms with Crippen LogP contribution in [0.4, 0.5) is 0 Å². The fourth-order valence-electron chi connectivity index (χ4n) is 3.57. The Hall–Kier alpha value is -2.64. The summed E-state index contributed by atoms with van der Waals surface area (Å²) in [5, 5.41) is 4.18. The molecule has 0 aromatic carbocycles. The summed E-state index contributed by atoms with van der Waals surface area (Å²) < 4.78 is 13.1. The summed E-state index contributed by atoms with van der Waals surface area (Å²) in [5.41, 5.74) is 2.13. The summed E-state index contributed by atoms with van der Waals surface area (Å²) >= 11 is 5.64. The molecule has 4 heterocycles. The average Bonchev–Trinajstić information content (AvgIpc) is 3.42. The van der Waals surface area contributed by atoms with Crippen LogP contribution in [-0.4, -0.2) is 39.8 Å². The molecule has 1 saturated heterocycles. The molecule has 27 heavy (non-hydrogen) atoms. The normalized spacial score (nSPS) is 19.4. The molecule has 140 valence electrons. The number of methoxy groups -OCH3 is 1. The number of hydrogen-bond donors (Lipinski definition) is 1. The van der Waals surface area contributed by atoms with E-state index in [4.69, 9.17) is 21.4 Å². The van der Waals surface area contributed by atoms with Crippen molar-refractivity contribution in [1.82, 2.24) is 19.8 Å². The predicted octanol–water partition coefficient (Wildman–Crippen LogP) is 3.14. The second-order valence-corrected chi connectivity index (χ2v) is 6.84. The van der Waals surface area contributed by atoms with Crippen molar-refractivity contribution in [2.75, 3.05) is 20.3 Å². The first-order valence-corrected chi connectivity index (χ1v) is 9.33. The summed E-state index contributed by atoms with van der Waals surface area (Å²) in [6, 6.07) is 14.0. The fourth-order valence-corrected chi connectivity index (χ4v) is 3.90. The van der Waals surface area contributed by atoms with Crippen molar-refractivity contribution in [2.24, 2.45) is 0 Å². The van der Waals surface area contributed by atoms with Gasteiger partial charge in [-0.05, 0) is 48.6 Å². The molecule has 3 aromatic heterocycles. The quantitative estimate of drug-likeness (QED) is 0.634. The Kier molecular flexibility index (Phi) is 5.22. The van der Waals surface area contributed by atoms with E-state index < -0.39 is 0 Å². The van der Waals surface area contributed by atoms with Gasteiger partial charge < -0.3 is 23.9 Å². The van der Waals surface area contributed by atoms with Crippen molar-refractivity contribution in [1.29, 1.82) is 0 Å². The Morgan fingerprint density at radius 2 is 2.15 bits per heavy atom. The lowest BCUT2D eigenvalue weighted by molar-refractivity contribution is 0.162. The lowest BCUT2D eigenvalue weighted by atomic mass is 10.0. The van der Waals surface area contributed by atoms with Crippen LogP contribution in [0.25, 0.3) is 0 Å². The first kappa shape index (κ1) is 17.8. The largest absolute Gasteiger partial charge is 0.467 e. The van der Waals surface area contributed by atoms with Crippen LogP contribution in [0.2, 0.25) is 0 Å². The number of pyridine rings is 1. The van der Waals surface area contributed by atoms with Gasteiger partial charge in [0.1, 0.15) is 5.76 Å². The average molecular weight is 382 g/mol. The molecule has 1 fully saturated rings. The first-order valence-electron chi connectivity index (χ1n) is 8.92. The van der Waals surface area contributed by atoms with E-state index in [0.717, 1.165) is 22.3 Å². The van der Waals surface area contributed by atoms with Crippen LogP contribution in [0.15, 0.2) is 65.5 Å². The zero-order chi connectivity index (χ0) is 18.6. The summed E-state index contributed by atoms with van der Waals surface area (Å²) in [4.78, 5) is 6.75. The minimum absolute atomic E-state index is 0.0208. The van der Waals surface area contributed by atoms with E-state index in [1.807, 2.05) is 36.5 Å². The number of furan rings is 1. The molecule has 0 bridgehead atoms. The van der Waals surface area contributed by atoms with Gasteiger partial charge in [0.25, 0.3) is 0 Å². The van der Waals surface area contributed by atoms with E-state index in [9.17, 15) is 0 Å². The SMILES string of the molecule is COCCN1C(=S)N[C@H](c2ccccn2)[C@H]1c1cccn1Cc1ccco1. The molecule has 1 N–H and O–H groups in total. The first-order chi connectivity index (χ1) is 13.3. The summed E-state index contributed by atoms with van der Waals surface area (Å²) in [5.74, 6) is 0.916. The molecule has 0 radical (unpaired) electrons. The third-order valence-electron chi connectivity index (χ3n) is 4.81. The second-order valence-electron chi connectivity index (χ2n) is 6.45. The lowest BCUT2D eigenvalue weighted by Crippen LogP contribution is -2.33. The van der Waals surface area contributed by atoms with E-state index >= 15 is 0 Å². The summed E-state index contributed by atoms with van der Waals surface area (Å²) in [6.45, 7) is 1.99. The number of aromatic nitrogens is 2. The Labute approximate surface area is 163 Å². The molecular weight excluding hydrogens is 360 g/mol. The van der Waals surface area contributed by atoms with Crippen LogP contribution < -0.4 is 5.32 Å². The third-order valence-corrected chi connectivity index (χ3v) is 5.16. The van der Waals surface area contributed by atoms with Crippen LogP contribution in [0.1, 0.15) is 29.2 Å². The smallest absolute Gasteiger partial charge is 0.170 e. The minimum Gasteiger partial charge on any atom is -0.467 e. The van der Waals surface area contributed by atoms with Gasteiger partial charge in [0.15, 0.2) is 5.11 Å². The maximum atomic E-state index is 5.64. The van der Waals surface area contributed by atoms with E-state index in [2.05, 4.69) is 38.1 Å². The maximum Gasteiger partial charge on any atom is 0.170 e. The molecular formula is C20H22N4O2S. The fraction of sp³-hybridized carbons (Fsp3) is 0.300. The molecule has 7 heteroatoms. The van der Waals surface area contributed by atoms with Gasteiger partial charge >= 0.3 is 0 Å². The highest BCUT2D eigenvalue weighted by atomic mass is 32.1. The van der Waals surface area contributed by atoms with Crippen molar-refractivity contribution >= 4 is 17.3 Å². The molecule has 1 aliphatic rings. The zero-order valence-electron chi connectivity index (χ0n) is 15.1. The number of nitrogens with zero attached hydrogens (tertiary/aromatic N) is 3. The summed E-state index contributed by atoms with van der Waals surface area (Å²) in [6.07, 6.45) is 5.59. The van der Waals surface area contributed by atoms with Gasteiger partial charge in [0, 0.05) is 31.7 Å². The Balaban J connectivity index is 1.71. The minimum atomic E-state index is -0.0270. The van der Waals surface area contributed by atoms with Crippen LogP contribution in [-0.2, 0) is 11.3 Å². The van der Waals surface area contributed by atoms with Crippen LogP contribution in [0, 0.1) is 0 Å². The van der Waals surface area contributed by atoms with Crippen molar-refractivity contribution in [3.05, 3.63) is 78.3 Å². The van der Waals surface area contributed by atoms with Crippen LogP contribution in [0.3, 0.4) is 0 Å². The maximum absolute atomic E-state index is 5.64. The zero-order valence-corrected chi connectivity index (χ0v) is 15.9. The van der Waals surface area contributed by atoms with Gasteiger partial charge in [0.2, 0.25) is 0 Å². The van der Waals surface area contributed by atoms with Crippen molar-refractivity contribution < 1.29 is 9.15 Å². The molecule has 0 amide bonds.